The predicted octanol–water partition coefficient (Wildman–Crippen LogP) is 3.07. The number of hydrogen-bond acceptors (Lipinski definition) is 6. The van der Waals surface area contributed by atoms with Crippen LogP contribution in [0.25, 0.3) is 16.6 Å². The molecule has 0 unspecified atom stereocenters. The highest BCUT2D eigenvalue weighted by molar-refractivity contribution is 7.99. The van der Waals surface area contributed by atoms with Crippen LogP contribution in [0.3, 0.4) is 0 Å². The molecule has 0 fully saturated rings. The van der Waals surface area contributed by atoms with Crippen molar-refractivity contribution in [3.8, 4) is 5.69 Å². The number of para-hydroxylation sites is 2. The van der Waals surface area contributed by atoms with Crippen molar-refractivity contribution in [3.63, 3.8) is 0 Å². The van der Waals surface area contributed by atoms with E-state index in [1.54, 1.807) is 55.5 Å². The number of amides is 1. The van der Waals surface area contributed by atoms with Gasteiger partial charge < -0.3 is 5.32 Å². The topological polar surface area (TPSA) is 124 Å². The number of primary sulfonamides is 1. The van der Waals surface area contributed by atoms with Gasteiger partial charge in [0.05, 0.1) is 27.2 Å². The SMILES string of the molecule is Cc1ccc(NC(=O)CSc2nc3ccccc3c(=O)n2-c2ccccc2)cc1S(N)(=O)=O. The highest BCUT2D eigenvalue weighted by Crippen LogP contribution is 2.23. The molecular weight excluding hydrogens is 460 g/mol. The van der Waals surface area contributed by atoms with Gasteiger partial charge >= 0.3 is 0 Å². The Balaban J connectivity index is 1.62. The number of nitrogens with one attached hydrogen (secondary N) is 1. The van der Waals surface area contributed by atoms with Crippen LogP contribution in [-0.4, -0.2) is 29.6 Å². The third-order valence-electron chi connectivity index (χ3n) is 4.87. The zero-order chi connectivity index (χ0) is 23.6. The van der Waals surface area contributed by atoms with Crippen molar-refractivity contribution >= 4 is 44.3 Å². The maximum atomic E-state index is 13.2. The minimum atomic E-state index is -3.91. The number of fused-ring (bicyclic) bond motifs is 1. The lowest BCUT2D eigenvalue weighted by molar-refractivity contribution is -0.113. The molecule has 1 amide bonds. The Morgan fingerprint density at radius 1 is 1.06 bits per heavy atom. The van der Waals surface area contributed by atoms with E-state index in [1.165, 1.54) is 10.6 Å². The molecule has 0 spiro atoms. The van der Waals surface area contributed by atoms with E-state index in [9.17, 15) is 18.0 Å². The van der Waals surface area contributed by atoms with Crippen LogP contribution in [0.2, 0.25) is 0 Å². The molecule has 168 valence electrons. The number of anilines is 1. The molecule has 0 radical (unpaired) electrons. The molecule has 0 aliphatic heterocycles. The van der Waals surface area contributed by atoms with Crippen molar-refractivity contribution in [2.75, 3.05) is 11.1 Å². The highest BCUT2D eigenvalue weighted by atomic mass is 32.2. The third kappa shape index (κ3) is 4.98. The highest BCUT2D eigenvalue weighted by Gasteiger charge is 2.16. The number of aryl methyl sites for hydroxylation is 1. The first-order valence-electron chi connectivity index (χ1n) is 9.87. The molecule has 1 heterocycles. The van der Waals surface area contributed by atoms with Gasteiger partial charge in [-0.15, -0.1) is 0 Å². The lowest BCUT2D eigenvalue weighted by Gasteiger charge is -2.13. The van der Waals surface area contributed by atoms with E-state index in [-0.39, 0.29) is 22.1 Å². The van der Waals surface area contributed by atoms with E-state index in [0.29, 0.717) is 33.0 Å². The largest absolute Gasteiger partial charge is 0.325 e. The second-order valence-electron chi connectivity index (χ2n) is 7.25. The first-order chi connectivity index (χ1) is 15.7. The van der Waals surface area contributed by atoms with Crippen LogP contribution >= 0.6 is 11.8 Å². The summed E-state index contributed by atoms with van der Waals surface area (Å²) < 4.78 is 24.9. The Hall–Kier alpha value is -3.47. The van der Waals surface area contributed by atoms with Crippen molar-refractivity contribution in [2.24, 2.45) is 5.14 Å². The van der Waals surface area contributed by atoms with Gasteiger partial charge in [-0.2, -0.15) is 0 Å². The van der Waals surface area contributed by atoms with Crippen LogP contribution in [0, 0.1) is 6.92 Å². The Morgan fingerprint density at radius 3 is 2.48 bits per heavy atom. The third-order valence-corrected chi connectivity index (χ3v) is 6.86. The molecule has 33 heavy (non-hydrogen) atoms. The molecule has 1 aromatic heterocycles. The maximum Gasteiger partial charge on any atom is 0.266 e. The number of carbonyl (C=O) groups excluding carboxylic acids is 1. The lowest BCUT2D eigenvalue weighted by Crippen LogP contribution is -2.23. The van der Waals surface area contributed by atoms with Crippen molar-refractivity contribution in [1.29, 1.82) is 0 Å². The van der Waals surface area contributed by atoms with Crippen molar-refractivity contribution in [2.45, 2.75) is 17.0 Å². The maximum absolute atomic E-state index is 13.2. The van der Waals surface area contributed by atoms with E-state index in [0.717, 1.165) is 11.8 Å². The summed E-state index contributed by atoms with van der Waals surface area (Å²) in [5, 5.41) is 8.75. The van der Waals surface area contributed by atoms with Gasteiger partial charge in [0.25, 0.3) is 5.56 Å². The van der Waals surface area contributed by atoms with Gasteiger partial charge in [0.2, 0.25) is 15.9 Å². The second kappa shape index (κ2) is 9.18. The van der Waals surface area contributed by atoms with Crippen LogP contribution in [0.15, 0.2) is 87.6 Å². The summed E-state index contributed by atoms with van der Waals surface area (Å²) in [4.78, 5) is 30.3. The summed E-state index contributed by atoms with van der Waals surface area (Å²) in [7, 11) is -3.91. The number of hydrogen-bond donors (Lipinski definition) is 2. The lowest BCUT2D eigenvalue weighted by atomic mass is 10.2. The fourth-order valence-corrected chi connectivity index (χ4v) is 4.95. The summed E-state index contributed by atoms with van der Waals surface area (Å²) in [5.74, 6) is -0.429. The van der Waals surface area contributed by atoms with Gasteiger partial charge in [-0.25, -0.2) is 18.5 Å². The number of sulfonamides is 1. The van der Waals surface area contributed by atoms with Crippen LogP contribution in [0.5, 0.6) is 0 Å². The average Bonchev–Trinajstić information content (AvgIpc) is 2.79. The molecule has 3 aromatic carbocycles. The molecule has 4 rings (SSSR count). The van der Waals surface area contributed by atoms with E-state index >= 15 is 0 Å². The Labute approximate surface area is 194 Å². The normalized spacial score (nSPS) is 11.5. The van der Waals surface area contributed by atoms with Crippen molar-refractivity contribution in [3.05, 3.63) is 88.7 Å². The summed E-state index contributed by atoms with van der Waals surface area (Å²) in [5.41, 5.74) is 1.74. The smallest absolute Gasteiger partial charge is 0.266 e. The molecule has 0 atom stereocenters. The fourth-order valence-electron chi connectivity index (χ4n) is 3.33. The molecule has 3 N–H and O–H groups in total. The van der Waals surface area contributed by atoms with Gasteiger partial charge in [0, 0.05) is 5.69 Å². The fraction of sp³-hybridized carbons (Fsp3) is 0.0870. The number of nitrogens with zero attached hydrogens (tertiary/aromatic N) is 2. The molecule has 8 nitrogen and oxygen atoms in total. The first kappa shape index (κ1) is 22.7. The van der Waals surface area contributed by atoms with Crippen LogP contribution in [-0.2, 0) is 14.8 Å². The molecule has 0 aliphatic rings. The zero-order valence-corrected chi connectivity index (χ0v) is 19.2. The number of thioether (sulfide) groups is 1. The van der Waals surface area contributed by atoms with E-state index in [4.69, 9.17) is 5.14 Å². The first-order valence-corrected chi connectivity index (χ1v) is 12.4. The number of benzene rings is 3. The Kier molecular flexibility index (Phi) is 6.32. The van der Waals surface area contributed by atoms with Gasteiger partial charge in [-0.05, 0) is 48.9 Å². The summed E-state index contributed by atoms with van der Waals surface area (Å²) in [6.07, 6.45) is 0. The molecular formula is C23H20N4O4S2. The number of carbonyl (C=O) groups is 1. The predicted molar refractivity (Wildman–Crippen MR) is 129 cm³/mol. The molecule has 4 aromatic rings. The quantitative estimate of drug-likeness (QED) is 0.323. The number of aromatic nitrogens is 2. The molecule has 10 heteroatoms. The van der Waals surface area contributed by atoms with Crippen LogP contribution < -0.4 is 16.0 Å². The van der Waals surface area contributed by atoms with E-state index in [2.05, 4.69) is 10.3 Å². The summed E-state index contributed by atoms with van der Waals surface area (Å²) in [6, 6.07) is 20.6. The van der Waals surface area contributed by atoms with Crippen LogP contribution in [0.1, 0.15) is 5.56 Å². The van der Waals surface area contributed by atoms with Gasteiger partial charge in [-0.1, -0.05) is 48.2 Å². The summed E-state index contributed by atoms with van der Waals surface area (Å²) >= 11 is 1.11. The van der Waals surface area contributed by atoms with Gasteiger partial charge in [0.15, 0.2) is 5.16 Å². The summed E-state index contributed by atoms with van der Waals surface area (Å²) in [6.45, 7) is 1.62. The second-order valence-corrected chi connectivity index (χ2v) is 9.72. The van der Waals surface area contributed by atoms with Crippen molar-refractivity contribution in [1.82, 2.24) is 9.55 Å². The molecule has 0 aliphatic carbocycles. The average molecular weight is 481 g/mol. The van der Waals surface area contributed by atoms with Gasteiger partial charge in [-0.3, -0.25) is 14.2 Å². The van der Waals surface area contributed by atoms with E-state index in [1.807, 2.05) is 18.2 Å². The number of nitrogens with two attached hydrogens (primary N) is 1. The minimum Gasteiger partial charge on any atom is -0.325 e. The van der Waals surface area contributed by atoms with Gasteiger partial charge in [0.1, 0.15) is 0 Å². The molecule has 0 saturated carbocycles. The monoisotopic (exact) mass is 480 g/mol. The zero-order valence-electron chi connectivity index (χ0n) is 17.6. The number of rotatable bonds is 6. The molecule has 0 bridgehead atoms. The Morgan fingerprint density at radius 2 is 1.76 bits per heavy atom. The Bertz CT molecular complexity index is 1520. The minimum absolute atomic E-state index is 0.0454. The van der Waals surface area contributed by atoms with Crippen LogP contribution in [0.4, 0.5) is 5.69 Å². The van der Waals surface area contributed by atoms with Crippen molar-refractivity contribution < 1.29 is 13.2 Å². The standard InChI is InChI=1S/C23H20N4O4S2/c1-15-11-12-16(13-20(15)33(24,30)31)25-21(28)14-32-23-26-19-10-6-5-9-18(19)22(29)27(23)17-7-3-2-4-8-17/h2-13H,14H2,1H3,(H,25,28)(H2,24,30,31). The molecule has 0 saturated heterocycles. The van der Waals surface area contributed by atoms with E-state index < -0.39 is 10.0 Å².